The molecule has 0 radical (unpaired) electrons. The summed E-state index contributed by atoms with van der Waals surface area (Å²) in [6.07, 6.45) is -0.511. The standard InChI is InChI=1S/C19H19NO3S/c1-13-3-4-14(2)18(11-13)24-10-9-17(19(21)22)23-16-7-5-15(12-20)6-8-16/h3-8,11,17H,9-10H2,1-2H3,(H,21,22). The molecule has 1 atom stereocenters. The molecule has 0 aliphatic heterocycles. The van der Waals surface area contributed by atoms with Crippen molar-refractivity contribution in [3.63, 3.8) is 0 Å². The summed E-state index contributed by atoms with van der Waals surface area (Å²) in [4.78, 5) is 12.6. The predicted molar refractivity (Wildman–Crippen MR) is 94.5 cm³/mol. The molecule has 0 aliphatic carbocycles. The highest BCUT2D eigenvalue weighted by Crippen LogP contribution is 2.25. The summed E-state index contributed by atoms with van der Waals surface area (Å²) in [6, 6.07) is 14.7. The van der Waals surface area contributed by atoms with Gasteiger partial charge in [0.2, 0.25) is 0 Å². The Bertz CT molecular complexity index is 750. The van der Waals surface area contributed by atoms with Gasteiger partial charge in [-0.15, -0.1) is 11.8 Å². The Hall–Kier alpha value is -2.45. The van der Waals surface area contributed by atoms with Crippen LogP contribution in [0, 0.1) is 25.2 Å². The summed E-state index contributed by atoms with van der Waals surface area (Å²) in [6.45, 7) is 4.08. The number of ether oxygens (including phenoxy) is 1. The fraction of sp³-hybridized carbons (Fsp3) is 0.263. The minimum Gasteiger partial charge on any atom is -0.479 e. The number of hydrogen-bond donors (Lipinski definition) is 1. The first-order valence-electron chi connectivity index (χ1n) is 7.59. The van der Waals surface area contributed by atoms with Crippen LogP contribution >= 0.6 is 11.8 Å². The summed E-state index contributed by atoms with van der Waals surface area (Å²) in [7, 11) is 0. The second kappa shape index (κ2) is 8.42. The van der Waals surface area contributed by atoms with Crippen molar-refractivity contribution >= 4 is 17.7 Å². The molecule has 5 heteroatoms. The van der Waals surface area contributed by atoms with Crippen molar-refractivity contribution in [1.29, 1.82) is 5.26 Å². The van der Waals surface area contributed by atoms with Gasteiger partial charge in [0.15, 0.2) is 6.10 Å². The molecule has 0 fully saturated rings. The van der Waals surface area contributed by atoms with Gasteiger partial charge in [-0.3, -0.25) is 0 Å². The van der Waals surface area contributed by atoms with Crippen LogP contribution in [0.5, 0.6) is 5.75 Å². The highest BCUT2D eigenvalue weighted by atomic mass is 32.2. The Labute approximate surface area is 146 Å². The van der Waals surface area contributed by atoms with Crippen LogP contribution in [0.25, 0.3) is 0 Å². The molecule has 124 valence electrons. The van der Waals surface area contributed by atoms with Crippen LogP contribution in [-0.2, 0) is 4.79 Å². The number of carboxylic acid groups (broad SMARTS) is 1. The summed E-state index contributed by atoms with van der Waals surface area (Å²) in [5, 5.41) is 18.1. The molecule has 0 saturated carbocycles. The SMILES string of the molecule is Cc1ccc(C)c(SCCC(Oc2ccc(C#N)cc2)C(=O)O)c1. The van der Waals surface area contributed by atoms with Crippen molar-refractivity contribution in [2.45, 2.75) is 31.3 Å². The Balaban J connectivity index is 1.94. The number of aryl methyl sites for hydroxylation is 2. The average Bonchev–Trinajstić information content (AvgIpc) is 2.57. The van der Waals surface area contributed by atoms with Gasteiger partial charge in [-0.05, 0) is 49.7 Å². The lowest BCUT2D eigenvalue weighted by molar-refractivity contribution is -0.145. The van der Waals surface area contributed by atoms with E-state index in [9.17, 15) is 9.90 Å². The Morgan fingerprint density at radius 3 is 2.58 bits per heavy atom. The normalized spacial score (nSPS) is 11.5. The van der Waals surface area contributed by atoms with Gasteiger partial charge in [-0.1, -0.05) is 17.7 Å². The largest absolute Gasteiger partial charge is 0.479 e. The minimum absolute atomic E-state index is 0.396. The van der Waals surface area contributed by atoms with Gasteiger partial charge < -0.3 is 9.84 Å². The lowest BCUT2D eigenvalue weighted by Gasteiger charge is -2.15. The molecule has 0 aromatic heterocycles. The molecule has 1 N–H and O–H groups in total. The van der Waals surface area contributed by atoms with Crippen LogP contribution < -0.4 is 4.74 Å². The summed E-state index contributed by atoms with van der Waals surface area (Å²) >= 11 is 1.64. The molecule has 2 aromatic carbocycles. The van der Waals surface area contributed by atoms with E-state index in [1.165, 1.54) is 11.1 Å². The van der Waals surface area contributed by atoms with Gasteiger partial charge in [0.1, 0.15) is 5.75 Å². The third kappa shape index (κ3) is 5.04. The van der Waals surface area contributed by atoms with Gasteiger partial charge in [-0.2, -0.15) is 5.26 Å². The number of rotatable bonds is 7. The predicted octanol–water partition coefficient (Wildman–Crippen LogP) is 4.19. The van der Waals surface area contributed by atoms with E-state index < -0.39 is 12.1 Å². The van der Waals surface area contributed by atoms with E-state index in [1.807, 2.05) is 19.9 Å². The quantitative estimate of drug-likeness (QED) is 0.765. The molecule has 0 amide bonds. The fourth-order valence-electron chi connectivity index (χ4n) is 2.14. The first kappa shape index (κ1) is 17.9. The Kier molecular flexibility index (Phi) is 6.28. The maximum Gasteiger partial charge on any atom is 0.344 e. The third-order valence-corrected chi connectivity index (χ3v) is 4.71. The zero-order valence-electron chi connectivity index (χ0n) is 13.7. The Morgan fingerprint density at radius 2 is 1.96 bits per heavy atom. The highest BCUT2D eigenvalue weighted by molar-refractivity contribution is 7.99. The van der Waals surface area contributed by atoms with E-state index in [-0.39, 0.29) is 0 Å². The van der Waals surface area contributed by atoms with Crippen LogP contribution in [-0.4, -0.2) is 22.9 Å². The molecule has 24 heavy (non-hydrogen) atoms. The van der Waals surface area contributed by atoms with Crippen molar-refractivity contribution in [2.24, 2.45) is 0 Å². The van der Waals surface area contributed by atoms with Crippen molar-refractivity contribution in [3.8, 4) is 11.8 Å². The molecule has 0 heterocycles. The van der Waals surface area contributed by atoms with E-state index in [2.05, 4.69) is 18.2 Å². The molecular formula is C19H19NO3S. The van der Waals surface area contributed by atoms with Crippen LogP contribution in [0.4, 0.5) is 0 Å². The van der Waals surface area contributed by atoms with Gasteiger partial charge in [0, 0.05) is 17.1 Å². The van der Waals surface area contributed by atoms with E-state index in [4.69, 9.17) is 10.00 Å². The topological polar surface area (TPSA) is 70.3 Å². The van der Waals surface area contributed by atoms with Crippen LogP contribution in [0.1, 0.15) is 23.1 Å². The molecule has 1 unspecified atom stereocenters. The number of carboxylic acids is 1. The molecule has 0 spiro atoms. The van der Waals surface area contributed by atoms with Crippen molar-refractivity contribution < 1.29 is 14.6 Å². The number of carbonyl (C=O) groups is 1. The maximum absolute atomic E-state index is 11.4. The number of aliphatic carboxylic acids is 1. The van der Waals surface area contributed by atoms with Crippen LogP contribution in [0.3, 0.4) is 0 Å². The van der Waals surface area contributed by atoms with E-state index in [1.54, 1.807) is 36.0 Å². The molecule has 0 saturated heterocycles. The number of nitriles is 1. The van der Waals surface area contributed by atoms with Gasteiger partial charge in [0.25, 0.3) is 0 Å². The van der Waals surface area contributed by atoms with Crippen molar-refractivity contribution in [1.82, 2.24) is 0 Å². The van der Waals surface area contributed by atoms with Crippen molar-refractivity contribution in [2.75, 3.05) is 5.75 Å². The van der Waals surface area contributed by atoms with Gasteiger partial charge >= 0.3 is 5.97 Å². The highest BCUT2D eigenvalue weighted by Gasteiger charge is 2.19. The second-order valence-corrected chi connectivity index (χ2v) is 6.62. The summed E-state index contributed by atoms with van der Waals surface area (Å²) in [5.74, 6) is 0.122. The zero-order chi connectivity index (χ0) is 17.5. The first-order valence-corrected chi connectivity index (χ1v) is 8.58. The molecular weight excluding hydrogens is 322 g/mol. The molecule has 2 aromatic rings. The van der Waals surface area contributed by atoms with E-state index >= 15 is 0 Å². The average molecular weight is 341 g/mol. The fourth-order valence-corrected chi connectivity index (χ4v) is 3.26. The monoisotopic (exact) mass is 341 g/mol. The van der Waals surface area contributed by atoms with Crippen LogP contribution in [0.2, 0.25) is 0 Å². The van der Waals surface area contributed by atoms with Crippen molar-refractivity contribution in [3.05, 3.63) is 59.2 Å². The zero-order valence-corrected chi connectivity index (χ0v) is 14.5. The Morgan fingerprint density at radius 1 is 1.25 bits per heavy atom. The second-order valence-electron chi connectivity index (χ2n) is 5.49. The lowest BCUT2D eigenvalue weighted by atomic mass is 10.2. The lowest BCUT2D eigenvalue weighted by Crippen LogP contribution is -2.27. The van der Waals surface area contributed by atoms with E-state index in [0.717, 1.165) is 4.90 Å². The van der Waals surface area contributed by atoms with Gasteiger partial charge in [-0.25, -0.2) is 4.79 Å². The summed E-state index contributed by atoms with van der Waals surface area (Å²) in [5.41, 5.74) is 2.89. The number of thioether (sulfide) groups is 1. The molecule has 4 nitrogen and oxygen atoms in total. The first-order chi connectivity index (χ1) is 11.5. The number of hydrogen-bond acceptors (Lipinski definition) is 4. The number of nitrogens with zero attached hydrogens (tertiary/aromatic N) is 1. The number of benzene rings is 2. The van der Waals surface area contributed by atoms with Gasteiger partial charge in [0.05, 0.1) is 11.6 Å². The molecule has 0 bridgehead atoms. The molecule has 2 rings (SSSR count). The van der Waals surface area contributed by atoms with E-state index in [0.29, 0.717) is 23.5 Å². The van der Waals surface area contributed by atoms with Crippen LogP contribution in [0.15, 0.2) is 47.4 Å². The molecule has 0 aliphatic rings. The maximum atomic E-state index is 11.4. The minimum atomic E-state index is -0.985. The summed E-state index contributed by atoms with van der Waals surface area (Å²) < 4.78 is 5.55. The smallest absolute Gasteiger partial charge is 0.344 e. The third-order valence-electron chi connectivity index (χ3n) is 3.52.